The molecular formula is C13H17FN2O. The van der Waals surface area contributed by atoms with E-state index in [0.29, 0.717) is 12.5 Å². The molecule has 3 nitrogen and oxygen atoms in total. The fourth-order valence-corrected chi connectivity index (χ4v) is 2.28. The first kappa shape index (κ1) is 12.0. The highest BCUT2D eigenvalue weighted by atomic mass is 19.1. The van der Waals surface area contributed by atoms with Crippen LogP contribution in [-0.4, -0.2) is 17.4 Å². The molecule has 0 aliphatic heterocycles. The zero-order valence-corrected chi connectivity index (χ0v) is 9.79. The standard InChI is InChI=1S/C13H17FN2O/c14-12-11(7-4-8-15-12)13(17)16-9-10-5-2-1-3-6-10/h4,7-8,10H,1-3,5-6,9H2,(H,16,17). The van der Waals surface area contributed by atoms with Crippen molar-refractivity contribution in [1.29, 1.82) is 0 Å². The summed E-state index contributed by atoms with van der Waals surface area (Å²) in [6, 6.07) is 3.02. The fourth-order valence-electron chi connectivity index (χ4n) is 2.28. The second kappa shape index (κ2) is 5.75. The molecule has 4 heteroatoms. The Labute approximate surface area is 100 Å². The van der Waals surface area contributed by atoms with Crippen molar-refractivity contribution in [2.75, 3.05) is 6.54 Å². The highest BCUT2D eigenvalue weighted by Gasteiger charge is 2.16. The molecule has 0 saturated heterocycles. The third-order valence-corrected chi connectivity index (χ3v) is 3.28. The molecule has 1 aliphatic carbocycles. The van der Waals surface area contributed by atoms with E-state index in [1.165, 1.54) is 31.5 Å². The Hall–Kier alpha value is -1.45. The van der Waals surface area contributed by atoms with Crippen molar-refractivity contribution in [3.63, 3.8) is 0 Å². The second-order valence-corrected chi connectivity index (χ2v) is 4.56. The summed E-state index contributed by atoms with van der Waals surface area (Å²) in [6.45, 7) is 0.646. The zero-order valence-electron chi connectivity index (χ0n) is 9.79. The molecule has 0 radical (unpaired) electrons. The molecule has 1 aromatic rings. The van der Waals surface area contributed by atoms with Gasteiger partial charge in [-0.3, -0.25) is 4.79 Å². The lowest BCUT2D eigenvalue weighted by atomic mass is 9.89. The van der Waals surface area contributed by atoms with Crippen molar-refractivity contribution < 1.29 is 9.18 Å². The summed E-state index contributed by atoms with van der Waals surface area (Å²) in [5, 5.41) is 2.79. The molecule has 0 bridgehead atoms. The van der Waals surface area contributed by atoms with Gasteiger partial charge < -0.3 is 5.32 Å². The van der Waals surface area contributed by atoms with Gasteiger partial charge in [-0.05, 0) is 30.9 Å². The minimum Gasteiger partial charge on any atom is -0.352 e. The monoisotopic (exact) mass is 236 g/mol. The molecule has 1 amide bonds. The van der Waals surface area contributed by atoms with Crippen molar-refractivity contribution >= 4 is 5.91 Å². The molecule has 1 heterocycles. The van der Waals surface area contributed by atoms with Crippen molar-refractivity contribution in [3.05, 3.63) is 29.8 Å². The van der Waals surface area contributed by atoms with Crippen molar-refractivity contribution in [3.8, 4) is 0 Å². The van der Waals surface area contributed by atoms with Crippen LogP contribution in [0.3, 0.4) is 0 Å². The summed E-state index contributed by atoms with van der Waals surface area (Å²) in [6.07, 6.45) is 7.43. The molecule has 2 rings (SSSR count). The van der Waals surface area contributed by atoms with E-state index in [2.05, 4.69) is 10.3 Å². The first-order valence-corrected chi connectivity index (χ1v) is 6.16. The smallest absolute Gasteiger partial charge is 0.255 e. The number of nitrogens with one attached hydrogen (secondary N) is 1. The Balaban J connectivity index is 1.87. The van der Waals surface area contributed by atoms with E-state index in [0.717, 1.165) is 12.8 Å². The molecule has 1 fully saturated rings. The number of nitrogens with zero attached hydrogens (tertiary/aromatic N) is 1. The van der Waals surface area contributed by atoms with Gasteiger partial charge in [0.2, 0.25) is 5.95 Å². The molecule has 92 valence electrons. The summed E-state index contributed by atoms with van der Waals surface area (Å²) >= 11 is 0. The number of carbonyl (C=O) groups is 1. The van der Waals surface area contributed by atoms with E-state index >= 15 is 0 Å². The normalized spacial score (nSPS) is 16.8. The van der Waals surface area contributed by atoms with Crippen LogP contribution < -0.4 is 5.32 Å². The molecule has 1 aliphatic rings. The SMILES string of the molecule is O=C(NCC1CCCCC1)c1cccnc1F. The van der Waals surface area contributed by atoms with Crippen molar-refractivity contribution in [2.45, 2.75) is 32.1 Å². The molecule has 0 spiro atoms. The predicted molar refractivity (Wildman–Crippen MR) is 63.1 cm³/mol. The van der Waals surface area contributed by atoms with Gasteiger partial charge in [-0.25, -0.2) is 4.98 Å². The number of hydrogen-bond donors (Lipinski definition) is 1. The van der Waals surface area contributed by atoms with Crippen LogP contribution in [0, 0.1) is 11.9 Å². The molecule has 0 aromatic carbocycles. The van der Waals surface area contributed by atoms with Gasteiger partial charge in [-0.1, -0.05) is 19.3 Å². The third-order valence-electron chi connectivity index (χ3n) is 3.28. The molecular weight excluding hydrogens is 219 g/mol. The lowest BCUT2D eigenvalue weighted by Crippen LogP contribution is -2.30. The first-order chi connectivity index (χ1) is 8.27. The maximum atomic E-state index is 13.2. The lowest BCUT2D eigenvalue weighted by Gasteiger charge is -2.21. The Morgan fingerprint density at radius 1 is 1.41 bits per heavy atom. The fraction of sp³-hybridized carbons (Fsp3) is 0.538. The van der Waals surface area contributed by atoms with Gasteiger partial charge in [0.05, 0.1) is 5.56 Å². The van der Waals surface area contributed by atoms with Crippen LogP contribution in [0.4, 0.5) is 4.39 Å². The Morgan fingerprint density at radius 2 is 2.18 bits per heavy atom. The second-order valence-electron chi connectivity index (χ2n) is 4.56. The summed E-state index contributed by atoms with van der Waals surface area (Å²) in [4.78, 5) is 15.2. The van der Waals surface area contributed by atoms with E-state index in [4.69, 9.17) is 0 Å². The largest absolute Gasteiger partial charge is 0.352 e. The van der Waals surface area contributed by atoms with Gasteiger partial charge in [0, 0.05) is 12.7 Å². The van der Waals surface area contributed by atoms with Gasteiger partial charge in [0.15, 0.2) is 0 Å². The van der Waals surface area contributed by atoms with Gasteiger partial charge in [0.1, 0.15) is 0 Å². The Morgan fingerprint density at radius 3 is 2.88 bits per heavy atom. The molecule has 0 unspecified atom stereocenters. The minimum atomic E-state index is -0.700. The van der Waals surface area contributed by atoms with E-state index < -0.39 is 5.95 Å². The average Bonchev–Trinajstić information content (AvgIpc) is 2.38. The number of halogens is 1. The zero-order chi connectivity index (χ0) is 12.1. The number of carbonyl (C=O) groups excluding carboxylic acids is 1. The summed E-state index contributed by atoms with van der Waals surface area (Å²) < 4.78 is 13.2. The van der Waals surface area contributed by atoms with Crippen LogP contribution in [0.1, 0.15) is 42.5 Å². The number of pyridine rings is 1. The van der Waals surface area contributed by atoms with Gasteiger partial charge in [-0.15, -0.1) is 0 Å². The topological polar surface area (TPSA) is 42.0 Å². The predicted octanol–water partition coefficient (Wildman–Crippen LogP) is 2.53. The number of aromatic nitrogens is 1. The van der Waals surface area contributed by atoms with Crippen LogP contribution in [-0.2, 0) is 0 Å². The summed E-state index contributed by atoms with van der Waals surface area (Å²) in [5.74, 6) is -0.512. The Bertz CT molecular complexity index is 389. The van der Waals surface area contributed by atoms with E-state index in [-0.39, 0.29) is 11.5 Å². The summed E-state index contributed by atoms with van der Waals surface area (Å²) in [7, 11) is 0. The van der Waals surface area contributed by atoms with Crippen molar-refractivity contribution in [2.24, 2.45) is 5.92 Å². The number of hydrogen-bond acceptors (Lipinski definition) is 2. The molecule has 1 aromatic heterocycles. The first-order valence-electron chi connectivity index (χ1n) is 6.16. The van der Waals surface area contributed by atoms with Crippen LogP contribution >= 0.6 is 0 Å². The van der Waals surface area contributed by atoms with Crippen LogP contribution in [0.5, 0.6) is 0 Å². The molecule has 1 N–H and O–H groups in total. The van der Waals surface area contributed by atoms with Gasteiger partial charge in [0.25, 0.3) is 5.91 Å². The van der Waals surface area contributed by atoms with Gasteiger partial charge in [-0.2, -0.15) is 4.39 Å². The van der Waals surface area contributed by atoms with Crippen molar-refractivity contribution in [1.82, 2.24) is 10.3 Å². The van der Waals surface area contributed by atoms with Crippen LogP contribution in [0.25, 0.3) is 0 Å². The third kappa shape index (κ3) is 3.25. The van der Waals surface area contributed by atoms with Crippen LogP contribution in [0.2, 0.25) is 0 Å². The molecule has 0 atom stereocenters. The average molecular weight is 236 g/mol. The van der Waals surface area contributed by atoms with Crippen LogP contribution in [0.15, 0.2) is 18.3 Å². The van der Waals surface area contributed by atoms with E-state index in [1.807, 2.05) is 0 Å². The Kier molecular flexibility index (Phi) is 4.07. The maximum Gasteiger partial charge on any atom is 0.255 e. The molecule has 1 saturated carbocycles. The molecule has 17 heavy (non-hydrogen) atoms. The number of rotatable bonds is 3. The lowest BCUT2D eigenvalue weighted by molar-refractivity contribution is 0.0938. The quantitative estimate of drug-likeness (QED) is 0.819. The minimum absolute atomic E-state index is 0.0308. The summed E-state index contributed by atoms with van der Waals surface area (Å²) in [5.41, 5.74) is 0.0308. The van der Waals surface area contributed by atoms with Gasteiger partial charge >= 0.3 is 0 Å². The highest BCUT2D eigenvalue weighted by Crippen LogP contribution is 2.22. The van der Waals surface area contributed by atoms with E-state index in [9.17, 15) is 9.18 Å². The number of amides is 1. The van der Waals surface area contributed by atoms with E-state index in [1.54, 1.807) is 6.07 Å². The maximum absolute atomic E-state index is 13.2. The highest BCUT2D eigenvalue weighted by molar-refractivity contribution is 5.94.